The Morgan fingerprint density at radius 2 is 1.86 bits per heavy atom. The molecule has 0 radical (unpaired) electrons. The quantitative estimate of drug-likeness (QED) is 0.761. The highest BCUT2D eigenvalue weighted by Crippen LogP contribution is 2.37. The van der Waals surface area contributed by atoms with Gasteiger partial charge >= 0.3 is 0 Å². The summed E-state index contributed by atoms with van der Waals surface area (Å²) in [5.74, 6) is -0.998. The first kappa shape index (κ1) is 13.3. The van der Waals surface area contributed by atoms with Crippen LogP contribution in [0.1, 0.15) is 5.69 Å². The van der Waals surface area contributed by atoms with E-state index in [0.29, 0.717) is 22.6 Å². The third kappa shape index (κ3) is 2.16. The lowest BCUT2D eigenvalue weighted by Crippen LogP contribution is -1.98. The highest BCUT2D eigenvalue weighted by Gasteiger charge is 2.20. The van der Waals surface area contributed by atoms with Crippen molar-refractivity contribution in [2.45, 2.75) is 6.92 Å². The van der Waals surface area contributed by atoms with Gasteiger partial charge in [-0.15, -0.1) is 0 Å². The van der Waals surface area contributed by atoms with Crippen LogP contribution in [-0.2, 0) is 7.05 Å². The number of rotatable bonds is 2. The number of H-pyrrole nitrogens is 1. The Morgan fingerprint density at radius 1 is 1.19 bits per heavy atom. The average Bonchev–Trinajstić information content (AvgIpc) is 2.93. The lowest BCUT2D eigenvalue weighted by molar-refractivity contribution is 0.584. The monoisotopic (exact) mass is 289 g/mol. The number of nitrogen functional groups attached to an aromatic ring is 1. The summed E-state index contributed by atoms with van der Waals surface area (Å²) in [7, 11) is 1.67. The number of nitrogens with two attached hydrogens (primary N) is 1. The van der Waals surface area contributed by atoms with Gasteiger partial charge in [0.2, 0.25) is 0 Å². The van der Waals surface area contributed by atoms with Crippen LogP contribution in [-0.4, -0.2) is 20.0 Å². The lowest BCUT2D eigenvalue weighted by Gasteiger charge is -2.04. The van der Waals surface area contributed by atoms with Crippen LogP contribution in [0.25, 0.3) is 22.4 Å². The van der Waals surface area contributed by atoms with Crippen LogP contribution < -0.4 is 5.73 Å². The second-order valence-corrected chi connectivity index (χ2v) is 4.80. The zero-order valence-corrected chi connectivity index (χ0v) is 11.5. The zero-order chi connectivity index (χ0) is 15.1. The minimum atomic E-state index is -0.664. The molecule has 0 saturated carbocycles. The predicted molar refractivity (Wildman–Crippen MR) is 75.3 cm³/mol. The molecule has 108 valence electrons. The number of halogens is 2. The molecule has 2 aromatic heterocycles. The molecule has 5 nitrogen and oxygen atoms in total. The van der Waals surface area contributed by atoms with Crippen LogP contribution in [0.3, 0.4) is 0 Å². The van der Waals surface area contributed by atoms with Gasteiger partial charge in [-0.2, -0.15) is 10.2 Å². The molecule has 0 amide bonds. The van der Waals surface area contributed by atoms with Crippen molar-refractivity contribution >= 4 is 5.82 Å². The molecule has 0 bridgehead atoms. The topological polar surface area (TPSA) is 72.5 Å². The highest BCUT2D eigenvalue weighted by molar-refractivity contribution is 5.88. The van der Waals surface area contributed by atoms with Gasteiger partial charge in [0.25, 0.3) is 0 Å². The first-order chi connectivity index (χ1) is 9.97. The minimum Gasteiger partial charge on any atom is -0.383 e. The fourth-order valence-electron chi connectivity index (χ4n) is 2.30. The standard InChI is InChI=1S/C14H13F2N5/c1-7-11(6-18-19-7)13-12(14(17)21(2)20-13)8-3-9(15)5-10(16)4-8/h3-6H,17H2,1-2H3,(H,18,19). The summed E-state index contributed by atoms with van der Waals surface area (Å²) >= 11 is 0. The number of nitrogens with one attached hydrogen (secondary N) is 1. The lowest BCUT2D eigenvalue weighted by atomic mass is 10.0. The Bertz CT molecular complexity index is 799. The molecule has 0 fully saturated rings. The molecule has 7 heteroatoms. The molecule has 0 aliphatic rings. The van der Waals surface area contributed by atoms with E-state index in [0.717, 1.165) is 17.3 Å². The van der Waals surface area contributed by atoms with E-state index < -0.39 is 11.6 Å². The van der Waals surface area contributed by atoms with Gasteiger partial charge in [0, 0.05) is 24.4 Å². The van der Waals surface area contributed by atoms with E-state index in [1.54, 1.807) is 13.2 Å². The second-order valence-electron chi connectivity index (χ2n) is 4.80. The predicted octanol–water partition coefficient (Wildman–Crippen LogP) is 2.65. The summed E-state index contributed by atoms with van der Waals surface area (Å²) in [4.78, 5) is 0. The van der Waals surface area contributed by atoms with Gasteiger partial charge in [-0.1, -0.05) is 0 Å². The molecule has 0 aliphatic carbocycles. The van der Waals surface area contributed by atoms with E-state index in [4.69, 9.17) is 5.73 Å². The Balaban J connectivity index is 2.29. The Labute approximate surface area is 119 Å². The Morgan fingerprint density at radius 3 is 2.43 bits per heavy atom. The summed E-state index contributed by atoms with van der Waals surface area (Å²) in [5.41, 5.74) is 8.91. The number of hydrogen-bond acceptors (Lipinski definition) is 3. The van der Waals surface area contributed by atoms with E-state index in [-0.39, 0.29) is 0 Å². The zero-order valence-electron chi connectivity index (χ0n) is 11.5. The van der Waals surface area contributed by atoms with Crippen molar-refractivity contribution in [2.24, 2.45) is 7.05 Å². The molecule has 2 heterocycles. The van der Waals surface area contributed by atoms with Gasteiger partial charge in [0.05, 0.1) is 11.8 Å². The molecule has 0 unspecified atom stereocenters. The van der Waals surface area contributed by atoms with E-state index in [1.807, 2.05) is 6.92 Å². The molecule has 0 aliphatic heterocycles. The number of anilines is 1. The summed E-state index contributed by atoms with van der Waals surface area (Å²) in [6, 6.07) is 3.28. The molecular weight excluding hydrogens is 276 g/mol. The molecule has 21 heavy (non-hydrogen) atoms. The third-order valence-corrected chi connectivity index (χ3v) is 3.33. The highest BCUT2D eigenvalue weighted by atomic mass is 19.1. The van der Waals surface area contributed by atoms with Crippen molar-refractivity contribution in [1.29, 1.82) is 0 Å². The number of nitrogens with zero attached hydrogens (tertiary/aromatic N) is 3. The van der Waals surface area contributed by atoms with Gasteiger partial charge in [0.1, 0.15) is 23.1 Å². The number of aromatic amines is 1. The van der Waals surface area contributed by atoms with Gasteiger partial charge in [-0.3, -0.25) is 9.78 Å². The number of benzene rings is 1. The van der Waals surface area contributed by atoms with E-state index >= 15 is 0 Å². The molecule has 0 saturated heterocycles. The van der Waals surface area contributed by atoms with Gasteiger partial charge in [-0.05, 0) is 24.6 Å². The van der Waals surface area contributed by atoms with Crippen molar-refractivity contribution in [1.82, 2.24) is 20.0 Å². The van der Waals surface area contributed by atoms with Crippen molar-refractivity contribution in [2.75, 3.05) is 5.73 Å². The van der Waals surface area contributed by atoms with Crippen LogP contribution in [0.5, 0.6) is 0 Å². The first-order valence-corrected chi connectivity index (χ1v) is 6.26. The Hall–Kier alpha value is -2.70. The minimum absolute atomic E-state index is 0.329. The fourth-order valence-corrected chi connectivity index (χ4v) is 2.30. The van der Waals surface area contributed by atoms with Crippen LogP contribution in [0, 0.1) is 18.6 Å². The number of aromatic nitrogens is 4. The maximum atomic E-state index is 13.5. The van der Waals surface area contributed by atoms with Crippen LogP contribution in [0.15, 0.2) is 24.4 Å². The van der Waals surface area contributed by atoms with Crippen LogP contribution in [0.2, 0.25) is 0 Å². The van der Waals surface area contributed by atoms with Crippen LogP contribution in [0.4, 0.5) is 14.6 Å². The van der Waals surface area contributed by atoms with Crippen LogP contribution >= 0.6 is 0 Å². The van der Waals surface area contributed by atoms with Crippen molar-refractivity contribution in [3.05, 3.63) is 41.7 Å². The van der Waals surface area contributed by atoms with E-state index in [2.05, 4.69) is 15.3 Å². The van der Waals surface area contributed by atoms with Crippen molar-refractivity contribution in [3.63, 3.8) is 0 Å². The van der Waals surface area contributed by atoms with Gasteiger partial charge in [0.15, 0.2) is 0 Å². The van der Waals surface area contributed by atoms with Crippen molar-refractivity contribution < 1.29 is 8.78 Å². The second kappa shape index (κ2) is 4.69. The van der Waals surface area contributed by atoms with Crippen molar-refractivity contribution in [3.8, 4) is 22.4 Å². The normalized spacial score (nSPS) is 11.0. The summed E-state index contributed by atoms with van der Waals surface area (Å²) in [5, 5.41) is 11.1. The van der Waals surface area contributed by atoms with Gasteiger partial charge < -0.3 is 5.73 Å². The first-order valence-electron chi connectivity index (χ1n) is 6.26. The smallest absolute Gasteiger partial charge is 0.129 e. The van der Waals surface area contributed by atoms with E-state index in [1.165, 1.54) is 16.8 Å². The summed E-state index contributed by atoms with van der Waals surface area (Å²) < 4.78 is 28.4. The molecule has 3 rings (SSSR count). The average molecular weight is 289 g/mol. The molecule has 1 aromatic carbocycles. The molecule has 3 N–H and O–H groups in total. The molecule has 0 atom stereocenters. The molecule has 0 spiro atoms. The summed E-state index contributed by atoms with van der Waals surface area (Å²) in [6.45, 7) is 1.84. The number of aryl methyl sites for hydroxylation is 2. The largest absolute Gasteiger partial charge is 0.383 e. The van der Waals surface area contributed by atoms with E-state index in [9.17, 15) is 8.78 Å². The maximum Gasteiger partial charge on any atom is 0.129 e. The SMILES string of the molecule is Cc1[nH]ncc1-c1nn(C)c(N)c1-c1cc(F)cc(F)c1. The molecular formula is C14H13F2N5. The molecule has 3 aromatic rings. The Kier molecular flexibility index (Phi) is 2.97. The fraction of sp³-hybridized carbons (Fsp3) is 0.143. The number of hydrogen-bond donors (Lipinski definition) is 2. The van der Waals surface area contributed by atoms with Gasteiger partial charge in [-0.25, -0.2) is 8.78 Å². The summed E-state index contributed by atoms with van der Waals surface area (Å²) in [6.07, 6.45) is 1.61. The third-order valence-electron chi connectivity index (χ3n) is 3.33. The maximum absolute atomic E-state index is 13.5.